The predicted molar refractivity (Wildman–Crippen MR) is 88.5 cm³/mol. The molecule has 0 saturated carbocycles. The summed E-state index contributed by atoms with van der Waals surface area (Å²) in [4.78, 5) is 9.18. The summed E-state index contributed by atoms with van der Waals surface area (Å²) in [5.74, 6) is 1.77. The zero-order chi connectivity index (χ0) is 13.9. The third-order valence-corrected chi connectivity index (χ3v) is 5.09. The number of rotatable bonds is 3. The number of nitrogens with zero attached hydrogens (tertiary/aromatic N) is 1. The van der Waals surface area contributed by atoms with Crippen LogP contribution in [0.5, 0.6) is 0 Å². The Labute approximate surface area is 135 Å². The lowest BCUT2D eigenvalue weighted by Crippen LogP contribution is -2.25. The van der Waals surface area contributed by atoms with Crippen LogP contribution in [0.2, 0.25) is 0 Å². The molecule has 3 nitrogen and oxygen atoms in total. The minimum atomic E-state index is 0.734. The van der Waals surface area contributed by atoms with Crippen LogP contribution >= 0.6 is 39.9 Å². The lowest BCUT2D eigenvalue weighted by molar-refractivity contribution is 0.620. The molecule has 0 saturated heterocycles. The van der Waals surface area contributed by atoms with Crippen molar-refractivity contribution in [3.63, 3.8) is 0 Å². The first-order chi connectivity index (χ1) is 9.72. The van der Waals surface area contributed by atoms with Crippen LogP contribution in [0.3, 0.4) is 0 Å². The van der Waals surface area contributed by atoms with Gasteiger partial charge < -0.3 is 10.3 Å². The molecule has 1 aliphatic rings. The summed E-state index contributed by atoms with van der Waals surface area (Å²) in [5.41, 5.74) is 2.40. The van der Waals surface area contributed by atoms with Crippen molar-refractivity contribution in [2.75, 3.05) is 6.54 Å². The van der Waals surface area contributed by atoms with Crippen molar-refractivity contribution in [2.24, 2.45) is 0 Å². The van der Waals surface area contributed by atoms with Crippen LogP contribution in [0.25, 0.3) is 0 Å². The Balaban J connectivity index is 1.76. The maximum Gasteiger partial charge on any atom is 0.134 e. The van der Waals surface area contributed by atoms with Crippen molar-refractivity contribution in [2.45, 2.75) is 23.6 Å². The lowest BCUT2D eigenvalue weighted by atomic mass is 10.1. The SMILES string of the molecule is S=c1nc(CSc2ccc(Br)cc2)[nH]c2c1CNCC2. The van der Waals surface area contributed by atoms with Gasteiger partial charge in [-0.05, 0) is 24.3 Å². The van der Waals surface area contributed by atoms with Gasteiger partial charge in [-0.1, -0.05) is 28.1 Å². The van der Waals surface area contributed by atoms with E-state index >= 15 is 0 Å². The predicted octanol–water partition coefficient (Wildman–Crippen LogP) is 3.84. The Bertz CT molecular complexity index is 667. The molecule has 0 amide bonds. The maximum atomic E-state index is 5.39. The Morgan fingerprint density at radius 3 is 2.90 bits per heavy atom. The van der Waals surface area contributed by atoms with E-state index in [1.807, 2.05) is 0 Å². The van der Waals surface area contributed by atoms with E-state index < -0.39 is 0 Å². The quantitative estimate of drug-likeness (QED) is 0.638. The molecule has 3 rings (SSSR count). The molecule has 1 aliphatic heterocycles. The Kier molecular flexibility index (Phi) is 4.55. The third-order valence-electron chi connectivity index (χ3n) is 3.20. The topological polar surface area (TPSA) is 40.7 Å². The minimum absolute atomic E-state index is 0.734. The van der Waals surface area contributed by atoms with Crippen molar-refractivity contribution in [1.82, 2.24) is 15.3 Å². The lowest BCUT2D eigenvalue weighted by Gasteiger charge is -2.17. The molecule has 1 aromatic heterocycles. The van der Waals surface area contributed by atoms with Crippen LogP contribution in [-0.4, -0.2) is 16.5 Å². The highest BCUT2D eigenvalue weighted by atomic mass is 79.9. The van der Waals surface area contributed by atoms with E-state index in [0.29, 0.717) is 0 Å². The van der Waals surface area contributed by atoms with E-state index in [2.05, 4.69) is 55.5 Å². The normalized spacial score (nSPS) is 14.1. The number of aromatic nitrogens is 2. The number of hydrogen-bond donors (Lipinski definition) is 2. The number of hydrogen-bond acceptors (Lipinski definition) is 4. The molecule has 104 valence electrons. The molecule has 0 fully saturated rings. The summed E-state index contributed by atoms with van der Waals surface area (Å²) < 4.78 is 1.83. The van der Waals surface area contributed by atoms with Gasteiger partial charge in [-0.2, -0.15) is 0 Å². The van der Waals surface area contributed by atoms with Crippen molar-refractivity contribution < 1.29 is 0 Å². The number of nitrogens with one attached hydrogen (secondary N) is 2. The highest BCUT2D eigenvalue weighted by Gasteiger charge is 2.12. The molecule has 0 unspecified atom stereocenters. The largest absolute Gasteiger partial charge is 0.346 e. The molecule has 6 heteroatoms. The first kappa shape index (κ1) is 14.3. The van der Waals surface area contributed by atoms with Gasteiger partial charge in [-0.3, -0.25) is 0 Å². The van der Waals surface area contributed by atoms with Gasteiger partial charge in [0.05, 0.1) is 5.75 Å². The van der Waals surface area contributed by atoms with E-state index in [9.17, 15) is 0 Å². The van der Waals surface area contributed by atoms with Crippen molar-refractivity contribution in [3.05, 3.63) is 50.5 Å². The average molecular weight is 368 g/mol. The molecule has 2 N–H and O–H groups in total. The molecule has 2 heterocycles. The van der Waals surface area contributed by atoms with Crippen molar-refractivity contribution in [3.8, 4) is 0 Å². The fraction of sp³-hybridized carbons (Fsp3) is 0.286. The molecular formula is C14H14BrN3S2. The number of halogens is 1. The van der Waals surface area contributed by atoms with Crippen LogP contribution in [0.4, 0.5) is 0 Å². The highest BCUT2D eigenvalue weighted by molar-refractivity contribution is 9.10. The zero-order valence-corrected chi connectivity index (χ0v) is 14.0. The van der Waals surface area contributed by atoms with Crippen LogP contribution in [-0.2, 0) is 18.7 Å². The summed E-state index contributed by atoms with van der Waals surface area (Å²) in [5, 5.41) is 3.33. The van der Waals surface area contributed by atoms with E-state index in [-0.39, 0.29) is 0 Å². The van der Waals surface area contributed by atoms with Crippen LogP contribution in [0.15, 0.2) is 33.6 Å². The summed E-state index contributed by atoms with van der Waals surface area (Å²) in [6, 6.07) is 8.31. The Hall–Kier alpha value is -0.690. The minimum Gasteiger partial charge on any atom is -0.346 e. The molecular weight excluding hydrogens is 354 g/mol. The number of H-pyrrole nitrogens is 1. The van der Waals surface area contributed by atoms with Gasteiger partial charge in [0.2, 0.25) is 0 Å². The van der Waals surface area contributed by atoms with Gasteiger partial charge in [0.1, 0.15) is 10.5 Å². The van der Waals surface area contributed by atoms with Crippen LogP contribution in [0.1, 0.15) is 17.1 Å². The summed E-state index contributed by atoms with van der Waals surface area (Å²) in [7, 11) is 0. The fourth-order valence-electron chi connectivity index (χ4n) is 2.17. The second-order valence-electron chi connectivity index (χ2n) is 4.62. The molecule has 0 atom stereocenters. The first-order valence-electron chi connectivity index (χ1n) is 6.42. The third kappa shape index (κ3) is 3.31. The van der Waals surface area contributed by atoms with Gasteiger partial charge in [-0.15, -0.1) is 11.8 Å². The van der Waals surface area contributed by atoms with Crippen molar-refractivity contribution >= 4 is 39.9 Å². The van der Waals surface area contributed by atoms with Crippen LogP contribution in [0, 0.1) is 4.64 Å². The number of thioether (sulfide) groups is 1. The molecule has 0 spiro atoms. The highest BCUT2D eigenvalue weighted by Crippen LogP contribution is 2.24. The molecule has 20 heavy (non-hydrogen) atoms. The Morgan fingerprint density at radius 2 is 2.10 bits per heavy atom. The summed E-state index contributed by atoms with van der Waals surface area (Å²) >= 11 is 10.6. The number of benzene rings is 1. The van der Waals surface area contributed by atoms with Crippen molar-refractivity contribution in [1.29, 1.82) is 0 Å². The maximum absolute atomic E-state index is 5.39. The number of fused-ring (bicyclic) bond motifs is 1. The summed E-state index contributed by atoms with van der Waals surface area (Å²) in [6.07, 6.45) is 0.997. The van der Waals surface area contributed by atoms with Gasteiger partial charge in [0, 0.05) is 40.1 Å². The monoisotopic (exact) mass is 367 g/mol. The first-order valence-corrected chi connectivity index (χ1v) is 8.61. The molecule has 0 radical (unpaired) electrons. The van der Waals surface area contributed by atoms with E-state index in [1.165, 1.54) is 10.6 Å². The zero-order valence-electron chi connectivity index (χ0n) is 10.8. The number of aromatic amines is 1. The van der Waals surface area contributed by atoms with E-state index in [4.69, 9.17) is 12.2 Å². The molecule has 1 aromatic carbocycles. The second kappa shape index (κ2) is 6.39. The van der Waals surface area contributed by atoms with Gasteiger partial charge >= 0.3 is 0 Å². The molecule has 0 bridgehead atoms. The summed E-state index contributed by atoms with van der Waals surface area (Å²) in [6.45, 7) is 1.83. The average Bonchev–Trinajstić information content (AvgIpc) is 2.47. The molecule has 2 aromatic rings. The Morgan fingerprint density at radius 1 is 1.30 bits per heavy atom. The van der Waals surface area contributed by atoms with Gasteiger partial charge in [0.25, 0.3) is 0 Å². The smallest absolute Gasteiger partial charge is 0.134 e. The fourth-order valence-corrected chi connectivity index (χ4v) is 3.51. The second-order valence-corrected chi connectivity index (χ2v) is 6.97. The van der Waals surface area contributed by atoms with Crippen LogP contribution < -0.4 is 5.32 Å². The van der Waals surface area contributed by atoms with E-state index in [1.54, 1.807) is 11.8 Å². The van der Waals surface area contributed by atoms with E-state index in [0.717, 1.165) is 45.8 Å². The molecule has 0 aliphatic carbocycles. The van der Waals surface area contributed by atoms with Gasteiger partial charge in [0.15, 0.2) is 0 Å². The van der Waals surface area contributed by atoms with Gasteiger partial charge in [-0.25, -0.2) is 4.98 Å². The standard InChI is InChI=1S/C14H14BrN3S2/c15-9-1-3-10(4-2-9)20-8-13-17-12-5-6-16-7-11(12)14(19)18-13/h1-4,16H,5-8H2,(H,17,18,19).